The first-order valence-corrected chi connectivity index (χ1v) is 36.6. The van der Waals surface area contributed by atoms with Crippen LogP contribution in [0.4, 0.5) is 34.1 Å². The van der Waals surface area contributed by atoms with Crippen molar-refractivity contribution in [1.29, 1.82) is 0 Å². The first-order chi connectivity index (χ1) is 51.7. The van der Waals surface area contributed by atoms with E-state index in [4.69, 9.17) is 4.42 Å². The molecule has 1 unspecified atom stereocenters. The Balaban J connectivity index is 0.793. The minimum absolute atomic E-state index is 0.194. The predicted octanol–water partition coefficient (Wildman–Crippen LogP) is 28.0. The summed E-state index contributed by atoms with van der Waals surface area (Å²) in [6.07, 6.45) is 0.740. The topological polar surface area (TPSA) is 19.6 Å². The molecule has 2 aliphatic carbocycles. The molecule has 1 heterocycles. The second-order valence-corrected chi connectivity index (χ2v) is 28.8. The molecule has 0 saturated heterocycles. The quantitative estimate of drug-likeness (QED) is 0.102. The summed E-state index contributed by atoms with van der Waals surface area (Å²) in [6, 6.07) is 141. The molecule has 1 atom stereocenters. The van der Waals surface area contributed by atoms with Gasteiger partial charge in [-0.1, -0.05) is 342 Å². The fourth-order valence-corrected chi connectivity index (χ4v) is 17.4. The number of hydrogen-bond acceptors (Lipinski definition) is 3. The highest BCUT2D eigenvalue weighted by atomic mass is 16.3. The van der Waals surface area contributed by atoms with Gasteiger partial charge < -0.3 is 14.2 Å². The lowest BCUT2D eigenvalue weighted by atomic mass is 9.75. The maximum atomic E-state index is 7.01. The molecule has 0 saturated carbocycles. The Kier molecular flexibility index (Phi) is 15.4. The van der Waals surface area contributed by atoms with E-state index in [-0.39, 0.29) is 5.41 Å². The van der Waals surface area contributed by atoms with Crippen LogP contribution in [0.25, 0.3) is 122 Å². The number of benzene rings is 16. The number of rotatable bonds is 15. The predicted molar refractivity (Wildman–Crippen MR) is 441 cm³/mol. The summed E-state index contributed by atoms with van der Waals surface area (Å²) in [5.74, 6) is 0. The van der Waals surface area contributed by atoms with Crippen molar-refractivity contribution >= 4 is 56.1 Å². The van der Waals surface area contributed by atoms with Gasteiger partial charge in [-0.05, 0) is 184 Å². The van der Waals surface area contributed by atoms with Gasteiger partial charge in [-0.15, -0.1) is 0 Å². The van der Waals surface area contributed by atoms with Crippen LogP contribution in [0.5, 0.6) is 0 Å². The molecule has 3 nitrogen and oxygen atoms in total. The van der Waals surface area contributed by atoms with E-state index >= 15 is 0 Å². The standard InChI is InChI=1S/C102H74N2O/c1-101(2)89-48-21-19-43-87(89)97-88(47-25-50-91(97)101)99-80(74-36-14-7-15-37-74)44-26-51-93(99)103(76-59-55-71(56-60-76)69-30-8-4-9-31-69)78-63-64-83-82-40-18-22-49-90(82)102(3,92(83)66-78)67-68-29-24-38-75(65-68)81-45-27-52-94(98(81)85-42-17-16-39-79(85)73-34-12-6-13-35-73)104(77-61-57-72(58-62-77)70-32-10-5-11-33-70)95-53-28-46-86-84-41-20-23-54-96(84)105-100(86)95/h4-66H,67H2,1-3H3. The monoisotopic (exact) mass is 1340 g/mol. The minimum atomic E-state index is -0.466. The van der Waals surface area contributed by atoms with Gasteiger partial charge in [-0.3, -0.25) is 0 Å². The lowest BCUT2D eigenvalue weighted by Gasteiger charge is -2.32. The van der Waals surface area contributed by atoms with E-state index in [1.165, 1.54) is 89.0 Å². The molecule has 16 aromatic carbocycles. The summed E-state index contributed by atoms with van der Waals surface area (Å²) in [5, 5.41) is 2.15. The molecular weight excluding hydrogens is 1270 g/mol. The van der Waals surface area contributed by atoms with Gasteiger partial charge in [-0.2, -0.15) is 0 Å². The Morgan fingerprint density at radius 1 is 0.248 bits per heavy atom. The van der Waals surface area contributed by atoms with Gasteiger partial charge in [0.05, 0.1) is 17.1 Å². The molecular formula is C102H74N2O. The fraction of sp³-hybridized carbons (Fsp3) is 0.0588. The average Bonchev–Trinajstić information content (AvgIpc) is 1.58. The van der Waals surface area contributed by atoms with Crippen molar-refractivity contribution in [1.82, 2.24) is 0 Å². The zero-order valence-corrected chi connectivity index (χ0v) is 58.9. The van der Waals surface area contributed by atoms with Crippen molar-refractivity contribution in [3.8, 4) is 100 Å². The number of anilines is 6. The Hall–Kier alpha value is -13.1. The maximum Gasteiger partial charge on any atom is 0.159 e. The van der Waals surface area contributed by atoms with Crippen molar-refractivity contribution in [3.05, 3.63) is 410 Å². The van der Waals surface area contributed by atoms with Crippen LogP contribution >= 0.6 is 0 Å². The van der Waals surface area contributed by atoms with Gasteiger partial charge in [0.2, 0.25) is 0 Å². The molecule has 0 aliphatic heterocycles. The molecule has 0 N–H and O–H groups in total. The minimum Gasteiger partial charge on any atom is -0.454 e. The summed E-state index contributed by atoms with van der Waals surface area (Å²) < 4.78 is 7.01. The number of para-hydroxylation sites is 2. The molecule has 3 heteroatoms. The number of hydrogen-bond donors (Lipinski definition) is 0. The van der Waals surface area contributed by atoms with E-state index in [0.29, 0.717) is 0 Å². The molecule has 1 aromatic heterocycles. The van der Waals surface area contributed by atoms with Crippen molar-refractivity contribution in [2.75, 3.05) is 9.80 Å². The van der Waals surface area contributed by atoms with Crippen molar-refractivity contribution in [2.24, 2.45) is 0 Å². The molecule has 19 rings (SSSR count). The van der Waals surface area contributed by atoms with Gasteiger partial charge in [-0.25, -0.2) is 0 Å². The summed E-state index contributed by atoms with van der Waals surface area (Å²) in [7, 11) is 0. The van der Waals surface area contributed by atoms with Crippen LogP contribution in [0.15, 0.2) is 387 Å². The Morgan fingerprint density at radius 2 is 0.676 bits per heavy atom. The van der Waals surface area contributed by atoms with E-state index in [2.05, 4.69) is 413 Å². The number of fused-ring (bicyclic) bond motifs is 9. The third kappa shape index (κ3) is 10.7. The first-order valence-electron chi connectivity index (χ1n) is 36.6. The molecule has 17 aromatic rings. The van der Waals surface area contributed by atoms with Crippen molar-refractivity contribution < 1.29 is 4.42 Å². The van der Waals surface area contributed by atoms with Crippen molar-refractivity contribution in [3.63, 3.8) is 0 Å². The second kappa shape index (κ2) is 25.8. The van der Waals surface area contributed by atoms with Gasteiger partial charge in [0, 0.05) is 49.8 Å². The van der Waals surface area contributed by atoms with Crippen LogP contribution in [0.3, 0.4) is 0 Å². The van der Waals surface area contributed by atoms with Gasteiger partial charge in [0.15, 0.2) is 5.58 Å². The van der Waals surface area contributed by atoms with E-state index in [1.807, 2.05) is 0 Å². The molecule has 105 heavy (non-hydrogen) atoms. The van der Waals surface area contributed by atoms with Crippen LogP contribution in [0, 0.1) is 0 Å². The SMILES string of the molecule is CC1(C)c2ccccc2-c2c(-c3c(-c4ccccc4)cccc3N(c3ccc(-c4ccccc4)cc3)c3ccc4c(c3)C(C)(Cc3cccc(-c5cccc(N(c6ccc(-c7ccccc7)cc6)c6cccc7c6oc6ccccc67)c5-c5ccccc5-c5ccccc5)c3)c3ccccc3-4)cccc21. The molecule has 0 spiro atoms. The number of nitrogens with zero attached hydrogens (tertiary/aromatic N) is 2. The Morgan fingerprint density at radius 3 is 1.35 bits per heavy atom. The van der Waals surface area contributed by atoms with Gasteiger partial charge in [0.25, 0.3) is 0 Å². The largest absolute Gasteiger partial charge is 0.454 e. The van der Waals surface area contributed by atoms with Gasteiger partial charge >= 0.3 is 0 Å². The number of furan rings is 1. The second-order valence-electron chi connectivity index (χ2n) is 28.8. The zero-order valence-electron chi connectivity index (χ0n) is 58.9. The van der Waals surface area contributed by atoms with Gasteiger partial charge in [0.1, 0.15) is 5.58 Å². The molecule has 0 bridgehead atoms. The lowest BCUT2D eigenvalue weighted by molar-refractivity contribution is 0.583. The Bertz CT molecular complexity index is 6150. The fourth-order valence-electron chi connectivity index (χ4n) is 17.4. The maximum absolute atomic E-state index is 7.01. The third-order valence-corrected chi connectivity index (χ3v) is 22.4. The summed E-state index contributed by atoms with van der Waals surface area (Å²) >= 11 is 0. The highest BCUT2D eigenvalue weighted by Crippen LogP contribution is 2.58. The average molecular weight is 1340 g/mol. The first kappa shape index (κ1) is 62.9. The van der Waals surface area contributed by atoms with Crippen LogP contribution in [0.2, 0.25) is 0 Å². The van der Waals surface area contributed by atoms with Crippen LogP contribution < -0.4 is 9.80 Å². The summed E-state index contributed by atoms with van der Waals surface area (Å²) in [5.41, 5.74) is 35.2. The van der Waals surface area contributed by atoms with E-state index in [1.54, 1.807) is 0 Å². The third-order valence-electron chi connectivity index (χ3n) is 22.4. The molecule has 2 aliphatic rings. The van der Waals surface area contributed by atoms with E-state index in [9.17, 15) is 0 Å². The highest BCUT2D eigenvalue weighted by Gasteiger charge is 2.42. The molecule has 0 amide bonds. The zero-order chi connectivity index (χ0) is 70.2. The highest BCUT2D eigenvalue weighted by molar-refractivity contribution is 6.12. The molecule has 0 fully saturated rings. The normalized spacial score (nSPS) is 13.8. The van der Waals surface area contributed by atoms with E-state index < -0.39 is 5.41 Å². The van der Waals surface area contributed by atoms with Crippen LogP contribution in [0.1, 0.15) is 48.6 Å². The van der Waals surface area contributed by atoms with E-state index in [0.717, 1.165) is 101 Å². The lowest BCUT2D eigenvalue weighted by Crippen LogP contribution is -2.24. The smallest absolute Gasteiger partial charge is 0.159 e. The molecule has 0 radical (unpaired) electrons. The summed E-state index contributed by atoms with van der Waals surface area (Å²) in [6.45, 7) is 7.26. The summed E-state index contributed by atoms with van der Waals surface area (Å²) in [4.78, 5) is 4.98. The molecule has 498 valence electrons. The van der Waals surface area contributed by atoms with Crippen molar-refractivity contribution in [2.45, 2.75) is 38.0 Å². The Labute approximate surface area is 614 Å². The van der Waals surface area contributed by atoms with Crippen LogP contribution in [-0.4, -0.2) is 0 Å². The van der Waals surface area contributed by atoms with Crippen LogP contribution in [-0.2, 0) is 17.3 Å².